The van der Waals surface area contributed by atoms with E-state index in [2.05, 4.69) is 0 Å². The first-order chi connectivity index (χ1) is 16.4. The number of benzene rings is 2. The van der Waals surface area contributed by atoms with Gasteiger partial charge in [-0.15, -0.1) is 0 Å². The molecule has 2 saturated heterocycles. The molecule has 174 valence electrons. The molecule has 2 aromatic carbocycles. The Morgan fingerprint density at radius 1 is 0.941 bits per heavy atom. The number of anilines is 2. The summed E-state index contributed by atoms with van der Waals surface area (Å²) in [7, 11) is 0. The maximum Gasteiger partial charge on any atom is 0.316 e. The topological polar surface area (TPSA) is 84.0 Å². The molecule has 2 aliphatic heterocycles. The summed E-state index contributed by atoms with van der Waals surface area (Å²) in [6.45, 7) is 2.19. The van der Waals surface area contributed by atoms with Crippen LogP contribution in [-0.4, -0.2) is 30.2 Å². The SMILES string of the molecule is Cc1ccccc1N1C[C@@H](C(=O)Oc2cccc(N3C(=O)[C@@H]4[C@H]5CC[C@@H](C5)[C@@H]4C3=O)c2)CC1=O. The van der Waals surface area contributed by atoms with Crippen LogP contribution in [0.5, 0.6) is 5.75 Å². The van der Waals surface area contributed by atoms with Gasteiger partial charge in [0.25, 0.3) is 0 Å². The molecule has 4 aliphatic rings. The number of para-hydroxylation sites is 1. The normalized spacial score (nSPS) is 29.8. The molecular formula is C27H26N2O5. The van der Waals surface area contributed by atoms with Crippen molar-refractivity contribution < 1.29 is 23.9 Å². The number of nitrogens with zero attached hydrogens (tertiary/aromatic N) is 2. The first-order valence-corrected chi connectivity index (χ1v) is 12.0. The highest BCUT2D eigenvalue weighted by Crippen LogP contribution is 2.56. The molecule has 2 bridgehead atoms. The third-order valence-corrected chi connectivity index (χ3v) is 8.09. The highest BCUT2D eigenvalue weighted by Gasteiger charge is 2.61. The predicted molar refractivity (Wildman–Crippen MR) is 124 cm³/mol. The van der Waals surface area contributed by atoms with Crippen molar-refractivity contribution in [2.45, 2.75) is 32.6 Å². The number of imide groups is 1. The summed E-state index contributed by atoms with van der Waals surface area (Å²) in [4.78, 5) is 54.6. The van der Waals surface area contributed by atoms with Crippen LogP contribution in [0.2, 0.25) is 0 Å². The van der Waals surface area contributed by atoms with Crippen molar-refractivity contribution in [3.05, 3.63) is 54.1 Å². The number of esters is 1. The van der Waals surface area contributed by atoms with Crippen molar-refractivity contribution in [1.29, 1.82) is 0 Å². The fraction of sp³-hybridized carbons (Fsp3) is 0.407. The summed E-state index contributed by atoms with van der Waals surface area (Å²) in [5.41, 5.74) is 2.21. The van der Waals surface area contributed by atoms with Gasteiger partial charge in [-0.3, -0.25) is 19.2 Å². The summed E-state index contributed by atoms with van der Waals surface area (Å²) >= 11 is 0. The molecule has 3 amide bonds. The lowest BCUT2D eigenvalue weighted by atomic mass is 9.81. The molecule has 2 aliphatic carbocycles. The fourth-order valence-electron chi connectivity index (χ4n) is 6.51. The second kappa shape index (κ2) is 7.79. The molecule has 4 fully saturated rings. The summed E-state index contributed by atoms with van der Waals surface area (Å²) in [6.07, 6.45) is 3.12. The summed E-state index contributed by atoms with van der Waals surface area (Å²) in [5, 5.41) is 0. The van der Waals surface area contributed by atoms with Crippen molar-refractivity contribution in [2.24, 2.45) is 29.6 Å². The highest BCUT2D eigenvalue weighted by atomic mass is 16.5. The largest absolute Gasteiger partial charge is 0.426 e. The number of amides is 3. The van der Waals surface area contributed by atoms with Gasteiger partial charge >= 0.3 is 5.97 Å². The molecule has 0 unspecified atom stereocenters. The van der Waals surface area contributed by atoms with Gasteiger partial charge in [0.1, 0.15) is 5.75 Å². The molecule has 5 atom stereocenters. The van der Waals surface area contributed by atoms with E-state index in [-0.39, 0.29) is 48.3 Å². The Kier molecular flexibility index (Phi) is 4.83. The van der Waals surface area contributed by atoms with Gasteiger partial charge in [-0.05, 0) is 61.8 Å². The van der Waals surface area contributed by atoms with E-state index in [0.717, 1.165) is 30.5 Å². The van der Waals surface area contributed by atoms with Gasteiger partial charge < -0.3 is 9.64 Å². The maximum atomic E-state index is 13.1. The molecule has 0 spiro atoms. The van der Waals surface area contributed by atoms with Crippen LogP contribution in [0.3, 0.4) is 0 Å². The van der Waals surface area contributed by atoms with E-state index in [1.807, 2.05) is 31.2 Å². The smallest absolute Gasteiger partial charge is 0.316 e. The molecular weight excluding hydrogens is 432 g/mol. The van der Waals surface area contributed by atoms with E-state index < -0.39 is 11.9 Å². The average Bonchev–Trinajstić information content (AvgIpc) is 3.58. The van der Waals surface area contributed by atoms with E-state index in [9.17, 15) is 19.2 Å². The fourth-order valence-corrected chi connectivity index (χ4v) is 6.51. The van der Waals surface area contributed by atoms with Crippen molar-refractivity contribution in [1.82, 2.24) is 0 Å². The molecule has 6 rings (SSSR count). The Morgan fingerprint density at radius 2 is 1.65 bits per heavy atom. The van der Waals surface area contributed by atoms with Crippen LogP contribution >= 0.6 is 0 Å². The van der Waals surface area contributed by atoms with Crippen LogP contribution in [0.25, 0.3) is 0 Å². The van der Waals surface area contributed by atoms with Gasteiger partial charge in [0.05, 0.1) is 23.4 Å². The summed E-state index contributed by atoms with van der Waals surface area (Å²) in [5.74, 6) is -0.937. The van der Waals surface area contributed by atoms with Crippen LogP contribution < -0.4 is 14.5 Å². The Bertz CT molecular complexity index is 1200. The maximum absolute atomic E-state index is 13.1. The third kappa shape index (κ3) is 3.17. The van der Waals surface area contributed by atoms with Crippen LogP contribution in [0.4, 0.5) is 11.4 Å². The van der Waals surface area contributed by atoms with Crippen LogP contribution in [-0.2, 0) is 19.2 Å². The zero-order valence-corrected chi connectivity index (χ0v) is 19.0. The molecule has 7 nitrogen and oxygen atoms in total. The van der Waals surface area contributed by atoms with Gasteiger partial charge in [-0.2, -0.15) is 0 Å². The van der Waals surface area contributed by atoms with Crippen molar-refractivity contribution in [2.75, 3.05) is 16.3 Å². The molecule has 7 heteroatoms. The second-order valence-corrected chi connectivity index (χ2v) is 10.0. The quantitative estimate of drug-likeness (QED) is 0.398. The number of carbonyl (C=O) groups is 4. The first-order valence-electron chi connectivity index (χ1n) is 12.0. The zero-order chi connectivity index (χ0) is 23.6. The molecule has 0 aromatic heterocycles. The third-order valence-electron chi connectivity index (χ3n) is 8.09. The minimum Gasteiger partial charge on any atom is -0.426 e. The van der Waals surface area contributed by atoms with Gasteiger partial charge in [0, 0.05) is 24.7 Å². The van der Waals surface area contributed by atoms with E-state index in [4.69, 9.17) is 4.74 Å². The number of hydrogen-bond acceptors (Lipinski definition) is 5. The Hall–Kier alpha value is -3.48. The van der Waals surface area contributed by atoms with E-state index in [0.29, 0.717) is 17.5 Å². The number of ether oxygens (including phenoxy) is 1. The lowest BCUT2D eigenvalue weighted by Crippen LogP contribution is -2.32. The molecule has 0 N–H and O–H groups in total. The molecule has 2 saturated carbocycles. The minimum absolute atomic E-state index is 0.0854. The number of fused-ring (bicyclic) bond motifs is 5. The van der Waals surface area contributed by atoms with Gasteiger partial charge in [0.2, 0.25) is 17.7 Å². The number of rotatable bonds is 4. The van der Waals surface area contributed by atoms with Crippen molar-refractivity contribution in [3.8, 4) is 5.75 Å². The standard InChI is InChI=1S/C27H26N2O5/c1-15-5-2-3-8-21(15)28-14-18(12-22(28)30)27(33)34-20-7-4-6-19(13-20)29-25(31)23-16-9-10-17(11-16)24(23)26(29)32/h2-8,13,16-18,23-24H,9-12,14H2,1H3/t16-,17-,18-,23-,24+/m0/s1. The molecule has 34 heavy (non-hydrogen) atoms. The van der Waals surface area contributed by atoms with Crippen molar-refractivity contribution >= 4 is 35.1 Å². The van der Waals surface area contributed by atoms with E-state index >= 15 is 0 Å². The molecule has 2 heterocycles. The number of aryl methyl sites for hydroxylation is 1. The zero-order valence-electron chi connectivity index (χ0n) is 19.0. The number of carbonyl (C=O) groups excluding carboxylic acids is 4. The Labute approximate surface area is 197 Å². The van der Waals surface area contributed by atoms with Crippen LogP contribution in [0, 0.1) is 36.5 Å². The number of hydrogen-bond donors (Lipinski definition) is 0. The van der Waals surface area contributed by atoms with Gasteiger partial charge in [-0.25, -0.2) is 4.90 Å². The Morgan fingerprint density at radius 3 is 2.35 bits per heavy atom. The summed E-state index contributed by atoms with van der Waals surface area (Å²) < 4.78 is 5.61. The van der Waals surface area contributed by atoms with Crippen LogP contribution in [0.15, 0.2) is 48.5 Å². The van der Waals surface area contributed by atoms with Crippen LogP contribution in [0.1, 0.15) is 31.2 Å². The second-order valence-electron chi connectivity index (χ2n) is 10.0. The van der Waals surface area contributed by atoms with Crippen molar-refractivity contribution in [3.63, 3.8) is 0 Å². The average molecular weight is 459 g/mol. The highest BCUT2D eigenvalue weighted by molar-refractivity contribution is 6.22. The Balaban J connectivity index is 1.17. The van der Waals surface area contributed by atoms with E-state index in [1.165, 1.54) is 4.90 Å². The van der Waals surface area contributed by atoms with Gasteiger partial charge in [0.15, 0.2) is 0 Å². The summed E-state index contributed by atoms with van der Waals surface area (Å²) in [6, 6.07) is 14.2. The lowest BCUT2D eigenvalue weighted by molar-refractivity contribution is -0.139. The van der Waals surface area contributed by atoms with E-state index in [1.54, 1.807) is 29.2 Å². The monoisotopic (exact) mass is 458 g/mol. The molecule has 0 radical (unpaired) electrons. The predicted octanol–water partition coefficient (Wildman–Crippen LogP) is 3.49. The van der Waals surface area contributed by atoms with Gasteiger partial charge in [-0.1, -0.05) is 24.3 Å². The first kappa shape index (κ1) is 21.1. The lowest BCUT2D eigenvalue weighted by Gasteiger charge is -2.19. The molecule has 2 aromatic rings. The minimum atomic E-state index is -0.583.